The van der Waals surface area contributed by atoms with E-state index >= 15 is 0 Å². The quantitative estimate of drug-likeness (QED) is 0.917. The van der Waals surface area contributed by atoms with Gasteiger partial charge in [0.2, 0.25) is 5.75 Å². The Hall–Kier alpha value is -2.56. The van der Waals surface area contributed by atoms with E-state index in [1.165, 1.54) is 7.11 Å². The number of benzene rings is 2. The summed E-state index contributed by atoms with van der Waals surface area (Å²) in [5, 5.41) is 9.67. The summed E-state index contributed by atoms with van der Waals surface area (Å²) in [5.41, 5.74) is 1.73. The zero-order valence-electron chi connectivity index (χ0n) is 12.5. The van der Waals surface area contributed by atoms with Crippen LogP contribution in [0.25, 0.3) is 11.1 Å². The molecule has 112 valence electrons. The van der Waals surface area contributed by atoms with Gasteiger partial charge in [0.05, 0.1) is 28.4 Å². The molecule has 0 aromatic heterocycles. The van der Waals surface area contributed by atoms with Crippen molar-refractivity contribution in [2.75, 3.05) is 28.4 Å². The highest BCUT2D eigenvalue weighted by molar-refractivity contribution is 5.73. The average Bonchev–Trinajstić information content (AvgIpc) is 2.53. The van der Waals surface area contributed by atoms with Crippen molar-refractivity contribution in [2.45, 2.75) is 0 Å². The molecule has 0 radical (unpaired) electrons. The first-order chi connectivity index (χ1) is 10.1. The van der Waals surface area contributed by atoms with Crippen molar-refractivity contribution in [1.82, 2.24) is 0 Å². The largest absolute Gasteiger partial charge is 0.504 e. The molecule has 0 aliphatic heterocycles. The molecule has 0 heterocycles. The first kappa shape index (κ1) is 14.8. The molecule has 0 aliphatic carbocycles. The van der Waals surface area contributed by atoms with E-state index in [0.29, 0.717) is 23.0 Å². The van der Waals surface area contributed by atoms with Gasteiger partial charge in [-0.3, -0.25) is 0 Å². The predicted octanol–water partition coefficient (Wildman–Crippen LogP) is 3.09. The topological polar surface area (TPSA) is 57.2 Å². The van der Waals surface area contributed by atoms with E-state index in [0.717, 1.165) is 11.1 Å². The van der Waals surface area contributed by atoms with Crippen LogP contribution in [0.4, 0.5) is 0 Å². The fraction of sp³-hybridized carbons (Fsp3) is 0.250. The summed E-state index contributed by atoms with van der Waals surface area (Å²) < 4.78 is 21.1. The van der Waals surface area contributed by atoms with E-state index in [4.69, 9.17) is 18.9 Å². The maximum absolute atomic E-state index is 9.67. The van der Waals surface area contributed by atoms with Gasteiger partial charge in [-0.25, -0.2) is 0 Å². The fourth-order valence-corrected chi connectivity index (χ4v) is 2.10. The van der Waals surface area contributed by atoms with Crippen molar-refractivity contribution >= 4 is 0 Å². The van der Waals surface area contributed by atoms with E-state index in [9.17, 15) is 5.11 Å². The predicted molar refractivity (Wildman–Crippen MR) is 79.8 cm³/mol. The van der Waals surface area contributed by atoms with Crippen LogP contribution < -0.4 is 18.9 Å². The number of hydrogen-bond donors (Lipinski definition) is 1. The van der Waals surface area contributed by atoms with Crippen molar-refractivity contribution in [1.29, 1.82) is 0 Å². The summed E-state index contributed by atoms with van der Waals surface area (Å²) >= 11 is 0. The SMILES string of the molecule is COc1cc(-c2cc(OC)c(OC)c(OC)c2)ccc1O. The third kappa shape index (κ3) is 2.81. The molecule has 0 unspecified atom stereocenters. The van der Waals surface area contributed by atoms with Crippen molar-refractivity contribution < 1.29 is 24.1 Å². The smallest absolute Gasteiger partial charge is 0.203 e. The van der Waals surface area contributed by atoms with Crippen molar-refractivity contribution in [3.8, 4) is 39.9 Å². The van der Waals surface area contributed by atoms with Gasteiger partial charge in [0, 0.05) is 0 Å². The van der Waals surface area contributed by atoms with Crippen molar-refractivity contribution in [2.24, 2.45) is 0 Å². The Balaban J connectivity index is 2.58. The van der Waals surface area contributed by atoms with E-state index in [-0.39, 0.29) is 5.75 Å². The summed E-state index contributed by atoms with van der Waals surface area (Å²) in [6.07, 6.45) is 0. The van der Waals surface area contributed by atoms with E-state index in [1.807, 2.05) is 12.1 Å². The minimum Gasteiger partial charge on any atom is -0.504 e. The van der Waals surface area contributed by atoms with Gasteiger partial charge in [-0.15, -0.1) is 0 Å². The summed E-state index contributed by atoms with van der Waals surface area (Å²) in [6.45, 7) is 0. The van der Waals surface area contributed by atoms with Gasteiger partial charge in [0.25, 0.3) is 0 Å². The molecular weight excluding hydrogens is 272 g/mol. The molecule has 21 heavy (non-hydrogen) atoms. The van der Waals surface area contributed by atoms with Gasteiger partial charge in [-0.05, 0) is 35.4 Å². The van der Waals surface area contributed by atoms with Gasteiger partial charge in [0.15, 0.2) is 23.0 Å². The van der Waals surface area contributed by atoms with E-state index in [2.05, 4.69) is 0 Å². The zero-order chi connectivity index (χ0) is 15.4. The third-order valence-electron chi connectivity index (χ3n) is 3.18. The van der Waals surface area contributed by atoms with Crippen LogP contribution in [0.5, 0.6) is 28.7 Å². The van der Waals surface area contributed by atoms with Crippen LogP contribution in [-0.2, 0) is 0 Å². The van der Waals surface area contributed by atoms with Crippen LogP contribution in [0.2, 0.25) is 0 Å². The second kappa shape index (κ2) is 6.26. The lowest BCUT2D eigenvalue weighted by Crippen LogP contribution is -1.95. The molecule has 0 spiro atoms. The van der Waals surface area contributed by atoms with Crippen LogP contribution in [-0.4, -0.2) is 33.5 Å². The third-order valence-corrected chi connectivity index (χ3v) is 3.18. The van der Waals surface area contributed by atoms with Crippen molar-refractivity contribution in [3.63, 3.8) is 0 Å². The van der Waals surface area contributed by atoms with Crippen LogP contribution in [0.1, 0.15) is 0 Å². The maximum atomic E-state index is 9.67. The molecule has 5 nitrogen and oxygen atoms in total. The molecular formula is C16H18O5. The molecule has 0 saturated heterocycles. The Morgan fingerprint density at radius 3 is 1.67 bits per heavy atom. The van der Waals surface area contributed by atoms with E-state index < -0.39 is 0 Å². The number of methoxy groups -OCH3 is 4. The minimum absolute atomic E-state index is 0.0914. The van der Waals surface area contributed by atoms with Gasteiger partial charge in [0.1, 0.15) is 0 Å². The Kier molecular flexibility index (Phi) is 4.42. The Morgan fingerprint density at radius 2 is 1.19 bits per heavy atom. The molecule has 0 bridgehead atoms. The Morgan fingerprint density at radius 1 is 0.667 bits per heavy atom. The summed E-state index contributed by atoms with van der Waals surface area (Å²) in [4.78, 5) is 0. The second-order valence-electron chi connectivity index (χ2n) is 4.30. The standard InChI is InChI=1S/C16H18O5/c1-18-13-7-10(5-6-12(13)17)11-8-14(19-2)16(21-4)15(9-11)20-3/h5-9,17H,1-4H3. The van der Waals surface area contributed by atoms with Gasteiger partial charge in [-0.1, -0.05) is 6.07 Å². The normalized spacial score (nSPS) is 10.1. The fourth-order valence-electron chi connectivity index (χ4n) is 2.10. The minimum atomic E-state index is 0.0914. The number of rotatable bonds is 5. The molecule has 0 fully saturated rings. The van der Waals surface area contributed by atoms with E-state index in [1.54, 1.807) is 39.5 Å². The Labute approximate surface area is 123 Å². The molecule has 0 saturated carbocycles. The van der Waals surface area contributed by atoms with Gasteiger partial charge < -0.3 is 24.1 Å². The van der Waals surface area contributed by atoms with Crippen LogP contribution in [0, 0.1) is 0 Å². The highest BCUT2D eigenvalue weighted by atomic mass is 16.5. The molecule has 0 atom stereocenters. The summed E-state index contributed by atoms with van der Waals surface area (Å²) in [5.74, 6) is 2.17. The lowest BCUT2D eigenvalue weighted by atomic mass is 10.0. The summed E-state index contributed by atoms with van der Waals surface area (Å²) in [6, 6.07) is 8.80. The second-order valence-corrected chi connectivity index (χ2v) is 4.30. The maximum Gasteiger partial charge on any atom is 0.203 e. The van der Waals surface area contributed by atoms with Crippen LogP contribution >= 0.6 is 0 Å². The van der Waals surface area contributed by atoms with Crippen LogP contribution in [0.15, 0.2) is 30.3 Å². The molecule has 2 rings (SSSR count). The summed E-state index contributed by atoms with van der Waals surface area (Å²) in [7, 11) is 6.20. The van der Waals surface area contributed by atoms with Crippen molar-refractivity contribution in [3.05, 3.63) is 30.3 Å². The molecule has 5 heteroatoms. The number of hydrogen-bond acceptors (Lipinski definition) is 5. The average molecular weight is 290 g/mol. The highest BCUT2D eigenvalue weighted by Crippen LogP contribution is 2.42. The number of phenols is 1. The lowest BCUT2D eigenvalue weighted by Gasteiger charge is -2.14. The first-order valence-electron chi connectivity index (χ1n) is 6.32. The zero-order valence-corrected chi connectivity index (χ0v) is 12.5. The highest BCUT2D eigenvalue weighted by Gasteiger charge is 2.15. The number of aromatic hydroxyl groups is 1. The number of ether oxygens (including phenoxy) is 4. The number of phenolic OH excluding ortho intramolecular Hbond substituents is 1. The van der Waals surface area contributed by atoms with Gasteiger partial charge in [-0.2, -0.15) is 0 Å². The first-order valence-corrected chi connectivity index (χ1v) is 6.32. The molecule has 2 aromatic carbocycles. The van der Waals surface area contributed by atoms with Gasteiger partial charge >= 0.3 is 0 Å². The molecule has 1 N–H and O–H groups in total. The van der Waals surface area contributed by atoms with Crippen LogP contribution in [0.3, 0.4) is 0 Å². The molecule has 0 aliphatic rings. The Bertz CT molecular complexity index is 612. The lowest BCUT2D eigenvalue weighted by molar-refractivity contribution is 0.324. The molecule has 2 aromatic rings. The molecule has 0 amide bonds. The monoisotopic (exact) mass is 290 g/mol.